The fraction of sp³-hybridized carbons (Fsp3) is 0.161. The van der Waals surface area contributed by atoms with Crippen LogP contribution < -0.4 is 5.32 Å². The Balaban J connectivity index is 1.53. The van der Waals surface area contributed by atoms with Gasteiger partial charge in [0, 0.05) is 23.1 Å². The second-order valence-electron chi connectivity index (χ2n) is 9.79. The number of aromatic nitrogens is 3. The minimum absolute atomic E-state index is 0.0107. The van der Waals surface area contributed by atoms with E-state index >= 15 is 0 Å². The summed E-state index contributed by atoms with van der Waals surface area (Å²) in [6.45, 7) is 1.92. The van der Waals surface area contributed by atoms with Crippen LogP contribution in [0.2, 0.25) is 10.0 Å². The van der Waals surface area contributed by atoms with Gasteiger partial charge in [-0.1, -0.05) is 47.5 Å². The van der Waals surface area contributed by atoms with Crippen molar-refractivity contribution in [2.24, 2.45) is 0 Å². The molecule has 0 aliphatic carbocycles. The van der Waals surface area contributed by atoms with Crippen LogP contribution in [0.1, 0.15) is 40.9 Å². The van der Waals surface area contributed by atoms with Crippen LogP contribution >= 0.6 is 23.2 Å². The molecule has 0 aliphatic rings. The van der Waals surface area contributed by atoms with Crippen LogP contribution in [0.3, 0.4) is 0 Å². The quantitative estimate of drug-likeness (QED) is 0.182. The molecule has 7 nitrogen and oxygen atoms in total. The largest absolute Gasteiger partial charge is 0.481 e. The van der Waals surface area contributed by atoms with Crippen LogP contribution in [-0.4, -0.2) is 38.3 Å². The highest BCUT2D eigenvalue weighted by atomic mass is 35.5. The lowest BCUT2D eigenvalue weighted by Gasteiger charge is -2.17. The first-order valence-electron chi connectivity index (χ1n) is 13.0. The molecule has 43 heavy (non-hydrogen) atoms. The zero-order valence-corrected chi connectivity index (χ0v) is 24.0. The lowest BCUT2D eigenvalue weighted by molar-refractivity contribution is -0.138. The van der Waals surface area contributed by atoms with Crippen molar-refractivity contribution in [3.63, 3.8) is 0 Å². The third-order valence-electron chi connectivity index (χ3n) is 6.88. The number of halogens is 5. The Labute approximate surface area is 253 Å². The molecule has 1 atom stereocenters. The maximum Gasteiger partial charge on any atom is 0.416 e. The molecule has 0 saturated carbocycles. The Bertz CT molecular complexity index is 1840. The number of nitrogens with one attached hydrogen (secondary N) is 1. The van der Waals surface area contributed by atoms with E-state index in [-0.39, 0.29) is 19.0 Å². The highest BCUT2D eigenvalue weighted by Crippen LogP contribution is 2.35. The number of aliphatic carboxylic acids is 1. The van der Waals surface area contributed by atoms with Gasteiger partial charge in [0.1, 0.15) is 0 Å². The molecule has 1 amide bonds. The van der Waals surface area contributed by atoms with E-state index in [1.165, 1.54) is 6.07 Å². The van der Waals surface area contributed by atoms with Gasteiger partial charge >= 0.3 is 12.1 Å². The Morgan fingerprint density at radius 2 is 1.67 bits per heavy atom. The minimum Gasteiger partial charge on any atom is -0.481 e. The molecule has 2 heterocycles. The molecule has 0 spiro atoms. The molecule has 0 radical (unpaired) electrons. The van der Waals surface area contributed by atoms with E-state index in [2.05, 4.69) is 10.3 Å². The third-order valence-corrected chi connectivity index (χ3v) is 7.62. The number of alkyl halides is 3. The number of amides is 1. The second-order valence-corrected chi connectivity index (χ2v) is 10.6. The van der Waals surface area contributed by atoms with Crippen LogP contribution in [-0.2, 0) is 11.0 Å². The number of carboxylic acids is 1. The number of pyridine rings is 1. The zero-order valence-electron chi connectivity index (χ0n) is 22.5. The van der Waals surface area contributed by atoms with Gasteiger partial charge in [0.2, 0.25) is 0 Å². The molecule has 0 saturated heterocycles. The van der Waals surface area contributed by atoms with E-state index in [0.717, 1.165) is 17.7 Å². The van der Waals surface area contributed by atoms with E-state index in [4.69, 9.17) is 33.4 Å². The number of rotatable bonds is 8. The summed E-state index contributed by atoms with van der Waals surface area (Å²) in [6, 6.07) is 20.0. The predicted molar refractivity (Wildman–Crippen MR) is 158 cm³/mol. The van der Waals surface area contributed by atoms with Gasteiger partial charge in [0.15, 0.2) is 0 Å². The maximum absolute atomic E-state index is 13.2. The van der Waals surface area contributed by atoms with Crippen LogP contribution in [0, 0.1) is 0 Å². The lowest BCUT2D eigenvalue weighted by Crippen LogP contribution is -2.26. The van der Waals surface area contributed by atoms with Crippen molar-refractivity contribution in [3.8, 4) is 22.6 Å². The SMILES string of the molecule is CC(c1ccc(C(=O)NCCC(=O)O)cc1)n1nc(-c2ccc(Cl)c(Cl)c2)cc1-c1ccc2cc(C(F)(F)F)ccc2n1. The lowest BCUT2D eigenvalue weighted by atomic mass is 10.0. The minimum atomic E-state index is -4.47. The molecule has 2 aromatic heterocycles. The molecule has 2 N–H and O–H groups in total. The highest BCUT2D eigenvalue weighted by Gasteiger charge is 2.30. The summed E-state index contributed by atoms with van der Waals surface area (Å²) in [5.41, 5.74) is 3.18. The first-order valence-corrected chi connectivity index (χ1v) is 13.8. The molecular formula is C31H23Cl2F3N4O3. The molecule has 0 bridgehead atoms. The number of carbonyl (C=O) groups excluding carboxylic acids is 1. The van der Waals surface area contributed by atoms with Crippen LogP contribution in [0.15, 0.2) is 78.9 Å². The van der Waals surface area contributed by atoms with E-state index in [1.807, 2.05) is 13.0 Å². The van der Waals surface area contributed by atoms with Crippen molar-refractivity contribution in [2.45, 2.75) is 25.6 Å². The normalized spacial score (nSPS) is 12.3. The fourth-order valence-corrected chi connectivity index (χ4v) is 4.86. The number of fused-ring (bicyclic) bond motifs is 1. The molecule has 220 valence electrons. The average Bonchev–Trinajstić information content (AvgIpc) is 3.42. The first-order chi connectivity index (χ1) is 20.4. The standard InChI is InChI=1S/C31H23Cl2F3N4O3/c1-17(18-2-4-19(5-3-18)30(43)37-13-12-29(41)42)40-28(16-27(39-40)21-6-9-23(32)24(33)15-21)26-10-7-20-14-22(31(34,35)36)8-11-25(20)38-26/h2-11,14-17H,12-13H2,1H3,(H,37,43)(H,41,42). The molecular weight excluding hydrogens is 604 g/mol. The summed E-state index contributed by atoms with van der Waals surface area (Å²) in [7, 11) is 0. The van der Waals surface area contributed by atoms with Crippen molar-refractivity contribution >= 4 is 46.0 Å². The van der Waals surface area contributed by atoms with Crippen LogP contribution in [0.4, 0.5) is 13.2 Å². The van der Waals surface area contributed by atoms with E-state index in [1.54, 1.807) is 59.3 Å². The Kier molecular flexibility index (Phi) is 8.43. The molecule has 5 aromatic rings. The number of hydrogen-bond donors (Lipinski definition) is 2. The Morgan fingerprint density at radius 3 is 2.35 bits per heavy atom. The first kappa shape index (κ1) is 30.1. The van der Waals surface area contributed by atoms with Gasteiger partial charge in [-0.25, -0.2) is 4.98 Å². The van der Waals surface area contributed by atoms with Gasteiger partial charge in [-0.3, -0.25) is 14.3 Å². The molecule has 12 heteroatoms. The van der Waals surface area contributed by atoms with E-state index in [9.17, 15) is 22.8 Å². The van der Waals surface area contributed by atoms with Crippen molar-refractivity contribution in [2.75, 3.05) is 6.54 Å². The monoisotopic (exact) mass is 626 g/mol. The summed E-state index contributed by atoms with van der Waals surface area (Å²) >= 11 is 12.4. The number of carbonyl (C=O) groups is 2. The van der Waals surface area contributed by atoms with Crippen molar-refractivity contribution in [1.29, 1.82) is 0 Å². The molecule has 1 unspecified atom stereocenters. The summed E-state index contributed by atoms with van der Waals surface area (Å²) in [5, 5.41) is 17.3. The second kappa shape index (κ2) is 12.1. The maximum atomic E-state index is 13.2. The van der Waals surface area contributed by atoms with Crippen LogP contribution in [0.25, 0.3) is 33.5 Å². The Morgan fingerprint density at radius 1 is 0.930 bits per heavy atom. The summed E-state index contributed by atoms with van der Waals surface area (Å²) in [6.07, 6.45) is -4.65. The summed E-state index contributed by atoms with van der Waals surface area (Å²) in [4.78, 5) is 27.8. The van der Waals surface area contributed by atoms with Gasteiger partial charge in [0.05, 0.1) is 50.7 Å². The molecule has 0 fully saturated rings. The number of benzene rings is 3. The van der Waals surface area contributed by atoms with Gasteiger partial charge in [-0.2, -0.15) is 18.3 Å². The average molecular weight is 627 g/mol. The number of nitrogens with zero attached hydrogens (tertiary/aromatic N) is 3. The third kappa shape index (κ3) is 6.65. The van der Waals surface area contributed by atoms with Gasteiger partial charge in [-0.05, 0) is 67.1 Å². The number of hydrogen-bond acceptors (Lipinski definition) is 4. The van der Waals surface area contributed by atoms with E-state index in [0.29, 0.717) is 49.2 Å². The predicted octanol–water partition coefficient (Wildman–Crippen LogP) is 7.90. The number of carboxylic acid groups (broad SMARTS) is 1. The highest BCUT2D eigenvalue weighted by molar-refractivity contribution is 6.42. The summed E-state index contributed by atoms with van der Waals surface area (Å²) in [5.74, 6) is -1.40. The van der Waals surface area contributed by atoms with Crippen molar-refractivity contribution < 1.29 is 27.9 Å². The molecule has 3 aromatic carbocycles. The Hall–Kier alpha value is -4.41. The smallest absolute Gasteiger partial charge is 0.416 e. The van der Waals surface area contributed by atoms with Gasteiger partial charge in [0.25, 0.3) is 5.91 Å². The topological polar surface area (TPSA) is 97.1 Å². The van der Waals surface area contributed by atoms with Crippen molar-refractivity contribution in [3.05, 3.63) is 106 Å². The molecule has 5 rings (SSSR count). The fourth-order valence-electron chi connectivity index (χ4n) is 4.56. The summed E-state index contributed by atoms with van der Waals surface area (Å²) < 4.78 is 41.5. The van der Waals surface area contributed by atoms with E-state index < -0.39 is 23.6 Å². The van der Waals surface area contributed by atoms with Gasteiger partial charge in [-0.15, -0.1) is 0 Å². The zero-order chi connectivity index (χ0) is 30.9. The van der Waals surface area contributed by atoms with Gasteiger partial charge < -0.3 is 10.4 Å². The molecule has 0 aliphatic heterocycles. The van der Waals surface area contributed by atoms with Crippen LogP contribution in [0.5, 0.6) is 0 Å². The van der Waals surface area contributed by atoms with Crippen molar-refractivity contribution in [1.82, 2.24) is 20.1 Å².